The van der Waals surface area contributed by atoms with Gasteiger partial charge in [-0.25, -0.2) is 9.59 Å². The number of nitrogens with one attached hydrogen (secondary N) is 1. The summed E-state index contributed by atoms with van der Waals surface area (Å²) in [6.07, 6.45) is -2.32. The Morgan fingerprint density at radius 3 is 1.75 bits per heavy atom. The van der Waals surface area contributed by atoms with Crippen LogP contribution >= 0.6 is 0 Å². The molecule has 3 aromatic carbocycles. The van der Waals surface area contributed by atoms with E-state index in [2.05, 4.69) is 15.3 Å². The molecule has 0 bridgehead atoms. The highest BCUT2D eigenvalue weighted by atomic mass is 16.6. The fourth-order valence-corrected chi connectivity index (χ4v) is 4.17. The zero-order valence-electron chi connectivity index (χ0n) is 22.3. The monoisotopic (exact) mass is 543 g/mol. The van der Waals surface area contributed by atoms with Crippen molar-refractivity contribution in [3.63, 3.8) is 0 Å². The molecule has 0 aliphatic heterocycles. The van der Waals surface area contributed by atoms with E-state index in [0.717, 1.165) is 5.56 Å². The fraction of sp³-hybridized carbons (Fsp3) is 0.200. The van der Waals surface area contributed by atoms with Crippen LogP contribution in [0.2, 0.25) is 0 Å². The second kappa shape index (κ2) is 13.1. The minimum Gasteiger partial charge on any atom is -0.481 e. The minimum atomic E-state index is -1.65. The van der Waals surface area contributed by atoms with Crippen molar-refractivity contribution in [2.45, 2.75) is 18.2 Å². The Bertz CT molecular complexity index is 1340. The maximum Gasteiger partial charge on any atom is 0.408 e. The second-order valence-electron chi connectivity index (χ2n) is 8.48. The summed E-state index contributed by atoms with van der Waals surface area (Å²) in [4.78, 5) is 35.4. The lowest BCUT2D eigenvalue weighted by Gasteiger charge is -2.39. The molecule has 40 heavy (non-hydrogen) atoms. The summed E-state index contributed by atoms with van der Waals surface area (Å²) in [5.41, 5.74) is 0.176. The first-order valence-corrected chi connectivity index (χ1v) is 12.3. The van der Waals surface area contributed by atoms with Gasteiger partial charge >= 0.3 is 18.1 Å². The lowest BCUT2D eigenvalue weighted by Crippen LogP contribution is -2.60. The number of nitrogens with zero attached hydrogens (tertiary/aromatic N) is 2. The SMILES string of the molecule is COC(=O)C(Oc1nc(OC)cc(OC)n1)C(NC(=O)OCc1ccccc1)(c1ccccc1)c1ccccc1. The number of amides is 1. The third kappa shape index (κ3) is 6.29. The quantitative estimate of drug-likeness (QED) is 0.277. The summed E-state index contributed by atoms with van der Waals surface area (Å²) in [6, 6.07) is 28.3. The third-order valence-corrected chi connectivity index (χ3v) is 6.08. The van der Waals surface area contributed by atoms with Gasteiger partial charge in [-0.05, 0) is 16.7 Å². The van der Waals surface area contributed by atoms with E-state index in [1.165, 1.54) is 27.4 Å². The van der Waals surface area contributed by atoms with E-state index in [9.17, 15) is 9.59 Å². The molecule has 0 radical (unpaired) electrons. The van der Waals surface area contributed by atoms with Gasteiger partial charge in [0, 0.05) is 0 Å². The summed E-state index contributed by atoms with van der Waals surface area (Å²) >= 11 is 0. The van der Waals surface area contributed by atoms with Gasteiger partial charge in [0.15, 0.2) is 0 Å². The van der Waals surface area contributed by atoms with Gasteiger partial charge in [0.2, 0.25) is 17.9 Å². The van der Waals surface area contributed by atoms with Crippen LogP contribution in [0, 0.1) is 0 Å². The van der Waals surface area contributed by atoms with Crippen molar-refractivity contribution in [1.29, 1.82) is 0 Å². The topological polar surface area (TPSA) is 118 Å². The Labute approximate surface area is 231 Å². The summed E-state index contributed by atoms with van der Waals surface area (Å²) in [5, 5.41) is 2.92. The van der Waals surface area contributed by atoms with Crippen molar-refractivity contribution >= 4 is 12.1 Å². The maximum atomic E-state index is 13.5. The van der Waals surface area contributed by atoms with Crippen LogP contribution in [-0.4, -0.2) is 49.5 Å². The van der Waals surface area contributed by atoms with E-state index < -0.39 is 23.7 Å². The number of hydrogen-bond acceptors (Lipinski definition) is 9. The first-order chi connectivity index (χ1) is 19.5. The smallest absolute Gasteiger partial charge is 0.408 e. The number of carbonyl (C=O) groups excluding carboxylic acids is 2. The first kappa shape index (κ1) is 27.9. The molecule has 0 aliphatic rings. The number of carbonyl (C=O) groups is 2. The predicted octanol–water partition coefficient (Wildman–Crippen LogP) is 4.28. The second-order valence-corrected chi connectivity index (χ2v) is 8.48. The summed E-state index contributed by atoms with van der Waals surface area (Å²) in [7, 11) is 4.07. The molecule has 1 atom stereocenters. The van der Waals surface area contributed by atoms with Crippen molar-refractivity contribution in [2.24, 2.45) is 0 Å². The summed E-state index contributed by atoms with van der Waals surface area (Å²) in [5.74, 6) is -0.516. The molecule has 0 saturated heterocycles. The van der Waals surface area contributed by atoms with Crippen molar-refractivity contribution < 1.29 is 33.3 Å². The number of ether oxygens (including phenoxy) is 5. The molecule has 10 heteroatoms. The minimum absolute atomic E-state index is 0.00622. The molecule has 0 spiro atoms. The first-order valence-electron chi connectivity index (χ1n) is 12.3. The normalized spacial score (nSPS) is 11.6. The molecule has 10 nitrogen and oxygen atoms in total. The van der Waals surface area contributed by atoms with Gasteiger partial charge < -0.3 is 29.0 Å². The van der Waals surface area contributed by atoms with Crippen molar-refractivity contribution in [2.75, 3.05) is 21.3 Å². The van der Waals surface area contributed by atoms with E-state index in [-0.39, 0.29) is 24.4 Å². The van der Waals surface area contributed by atoms with Crippen LogP contribution in [0.3, 0.4) is 0 Å². The number of alkyl carbamates (subject to hydrolysis) is 1. The van der Waals surface area contributed by atoms with E-state index in [1.807, 2.05) is 42.5 Å². The van der Waals surface area contributed by atoms with Gasteiger partial charge in [-0.1, -0.05) is 91.0 Å². The molecule has 4 aromatic rings. The van der Waals surface area contributed by atoms with Crippen LogP contribution in [0.4, 0.5) is 4.79 Å². The molecule has 1 heterocycles. The number of hydrogen-bond donors (Lipinski definition) is 1. The highest BCUT2D eigenvalue weighted by Gasteiger charge is 2.51. The molecule has 4 rings (SSSR count). The van der Waals surface area contributed by atoms with Gasteiger partial charge in [-0.2, -0.15) is 9.97 Å². The average molecular weight is 544 g/mol. The highest BCUT2D eigenvalue weighted by Crippen LogP contribution is 2.36. The predicted molar refractivity (Wildman–Crippen MR) is 145 cm³/mol. The van der Waals surface area contributed by atoms with Gasteiger partial charge in [0.25, 0.3) is 0 Å². The molecule has 0 saturated carbocycles. The van der Waals surface area contributed by atoms with Crippen LogP contribution < -0.4 is 19.5 Å². The molecule has 206 valence electrons. The Hall–Kier alpha value is -5.12. The number of benzene rings is 3. The number of aromatic nitrogens is 2. The fourth-order valence-electron chi connectivity index (χ4n) is 4.17. The lowest BCUT2D eigenvalue weighted by molar-refractivity contribution is -0.152. The van der Waals surface area contributed by atoms with Crippen LogP contribution in [0.5, 0.6) is 17.8 Å². The van der Waals surface area contributed by atoms with Crippen molar-refractivity contribution in [3.8, 4) is 17.8 Å². The van der Waals surface area contributed by atoms with Crippen LogP contribution in [0.1, 0.15) is 16.7 Å². The van der Waals surface area contributed by atoms with Crippen LogP contribution in [-0.2, 0) is 26.4 Å². The largest absolute Gasteiger partial charge is 0.481 e. The maximum absolute atomic E-state index is 13.5. The summed E-state index contributed by atoms with van der Waals surface area (Å²) in [6.45, 7) is 0.00622. The zero-order chi connectivity index (χ0) is 28.4. The van der Waals surface area contributed by atoms with Crippen LogP contribution in [0.25, 0.3) is 0 Å². The molecule has 0 aliphatic carbocycles. The lowest BCUT2D eigenvalue weighted by atomic mass is 9.78. The Morgan fingerprint density at radius 2 is 1.27 bits per heavy atom. The molecule has 1 N–H and O–H groups in total. The van der Waals surface area contributed by atoms with Crippen molar-refractivity contribution in [3.05, 3.63) is 114 Å². The van der Waals surface area contributed by atoms with Gasteiger partial charge in [-0.3, -0.25) is 0 Å². The third-order valence-electron chi connectivity index (χ3n) is 6.08. The number of rotatable bonds is 11. The van der Waals surface area contributed by atoms with Crippen LogP contribution in [0.15, 0.2) is 97.1 Å². The van der Waals surface area contributed by atoms with E-state index >= 15 is 0 Å². The van der Waals surface area contributed by atoms with Gasteiger partial charge in [0.05, 0.1) is 27.4 Å². The Morgan fingerprint density at radius 1 is 0.775 bits per heavy atom. The Balaban J connectivity index is 1.85. The molecule has 0 fully saturated rings. The van der Waals surface area contributed by atoms with Crippen molar-refractivity contribution in [1.82, 2.24) is 15.3 Å². The molecule has 1 amide bonds. The molecular formula is C30H29N3O7. The van der Waals surface area contributed by atoms with E-state index in [1.54, 1.807) is 48.5 Å². The number of esters is 1. The zero-order valence-corrected chi connectivity index (χ0v) is 22.3. The summed E-state index contributed by atoms with van der Waals surface area (Å²) < 4.78 is 27.4. The van der Waals surface area contributed by atoms with Gasteiger partial charge in [-0.15, -0.1) is 0 Å². The molecule has 1 unspecified atom stereocenters. The molecule has 1 aromatic heterocycles. The highest BCUT2D eigenvalue weighted by molar-refractivity contribution is 5.81. The number of methoxy groups -OCH3 is 3. The van der Waals surface area contributed by atoms with Gasteiger partial charge in [0.1, 0.15) is 12.1 Å². The van der Waals surface area contributed by atoms with E-state index in [0.29, 0.717) is 11.1 Å². The molecular weight excluding hydrogens is 514 g/mol. The average Bonchev–Trinajstić information content (AvgIpc) is 3.02. The standard InChI is InChI=1S/C30H29N3O7/c1-36-24-19-25(37-2)32-28(31-24)40-26(27(34)38-3)30(22-15-9-5-10-16-22,23-17-11-6-12-18-23)33-29(35)39-20-21-13-7-4-8-14-21/h4-19,26H,20H2,1-3H3,(H,33,35). The Kier molecular flexibility index (Phi) is 9.14. The van der Waals surface area contributed by atoms with E-state index in [4.69, 9.17) is 23.7 Å².